The maximum atomic E-state index is 6.47. The van der Waals surface area contributed by atoms with Crippen LogP contribution in [0.5, 0.6) is 5.75 Å². The maximum Gasteiger partial charge on any atom is 0.118 e. The molecule has 3 heteroatoms. The average Bonchev–Trinajstić information content (AvgIpc) is 2.43. The molecule has 102 valence electrons. The summed E-state index contributed by atoms with van der Waals surface area (Å²) < 4.78 is 5.15. The lowest BCUT2D eigenvalue weighted by atomic mass is 10.1. The van der Waals surface area contributed by atoms with Crippen LogP contribution in [0.4, 0.5) is 0 Å². The number of methoxy groups -OCH3 is 1. The molecule has 0 saturated heterocycles. The molecule has 1 rings (SSSR count). The molecule has 1 atom stereocenters. The van der Waals surface area contributed by atoms with Gasteiger partial charge in [-0.1, -0.05) is 32.4 Å². The van der Waals surface area contributed by atoms with Gasteiger partial charge in [-0.25, -0.2) is 0 Å². The molecule has 0 radical (unpaired) electrons. The van der Waals surface area contributed by atoms with Crippen molar-refractivity contribution in [1.82, 2.24) is 4.90 Å². The quantitative estimate of drug-likeness (QED) is 0.659. The SMILES string of the molecule is CCCCN(CC)CC(Cl)c1ccc(OC)cc1. The van der Waals surface area contributed by atoms with Gasteiger partial charge in [0.15, 0.2) is 0 Å². The first kappa shape index (κ1) is 15.3. The molecule has 0 saturated carbocycles. The van der Waals surface area contributed by atoms with Crippen LogP contribution in [0.2, 0.25) is 0 Å². The van der Waals surface area contributed by atoms with Crippen molar-refractivity contribution in [3.8, 4) is 5.75 Å². The fourth-order valence-corrected chi connectivity index (χ4v) is 2.25. The largest absolute Gasteiger partial charge is 0.497 e. The Morgan fingerprint density at radius 2 is 1.89 bits per heavy atom. The zero-order chi connectivity index (χ0) is 13.4. The first-order valence-electron chi connectivity index (χ1n) is 6.71. The van der Waals surface area contributed by atoms with Gasteiger partial charge in [0.05, 0.1) is 12.5 Å². The molecule has 0 bridgehead atoms. The summed E-state index contributed by atoms with van der Waals surface area (Å²) in [5.74, 6) is 0.876. The Bertz CT molecular complexity index is 326. The molecule has 0 N–H and O–H groups in total. The summed E-state index contributed by atoms with van der Waals surface area (Å²) in [5, 5.41) is 0.0488. The molecule has 1 aromatic rings. The van der Waals surface area contributed by atoms with Crippen LogP contribution in [0.25, 0.3) is 0 Å². The van der Waals surface area contributed by atoms with E-state index in [0.717, 1.165) is 30.9 Å². The molecule has 0 aliphatic rings. The number of benzene rings is 1. The van der Waals surface area contributed by atoms with Crippen molar-refractivity contribution in [2.24, 2.45) is 0 Å². The number of rotatable bonds is 8. The fraction of sp³-hybridized carbons (Fsp3) is 0.600. The third-order valence-electron chi connectivity index (χ3n) is 3.17. The van der Waals surface area contributed by atoms with Gasteiger partial charge in [0, 0.05) is 6.54 Å². The molecule has 0 amide bonds. The lowest BCUT2D eigenvalue weighted by molar-refractivity contribution is 0.283. The van der Waals surface area contributed by atoms with E-state index >= 15 is 0 Å². The van der Waals surface area contributed by atoms with Crippen molar-refractivity contribution in [2.45, 2.75) is 32.1 Å². The Kier molecular flexibility index (Phi) is 7.14. The second-order valence-corrected chi connectivity index (χ2v) is 5.01. The van der Waals surface area contributed by atoms with E-state index in [1.165, 1.54) is 12.8 Å². The van der Waals surface area contributed by atoms with Crippen LogP contribution in [0.15, 0.2) is 24.3 Å². The Hall–Kier alpha value is -0.730. The van der Waals surface area contributed by atoms with Gasteiger partial charge in [-0.2, -0.15) is 0 Å². The van der Waals surface area contributed by atoms with Gasteiger partial charge in [-0.3, -0.25) is 0 Å². The lowest BCUT2D eigenvalue weighted by Crippen LogP contribution is -2.28. The summed E-state index contributed by atoms with van der Waals surface area (Å²) in [5.41, 5.74) is 1.16. The molecule has 1 aromatic carbocycles. The molecule has 0 heterocycles. The van der Waals surface area contributed by atoms with E-state index in [2.05, 4.69) is 18.7 Å². The Labute approximate surface area is 116 Å². The van der Waals surface area contributed by atoms with Crippen molar-refractivity contribution in [3.05, 3.63) is 29.8 Å². The van der Waals surface area contributed by atoms with Crippen LogP contribution in [-0.4, -0.2) is 31.6 Å². The number of hydrogen-bond acceptors (Lipinski definition) is 2. The lowest BCUT2D eigenvalue weighted by Gasteiger charge is -2.23. The van der Waals surface area contributed by atoms with Crippen LogP contribution in [0, 0.1) is 0 Å². The van der Waals surface area contributed by atoms with E-state index in [4.69, 9.17) is 16.3 Å². The number of unbranched alkanes of at least 4 members (excludes halogenated alkanes) is 1. The number of hydrogen-bond donors (Lipinski definition) is 0. The van der Waals surface area contributed by atoms with Gasteiger partial charge in [0.25, 0.3) is 0 Å². The molecule has 18 heavy (non-hydrogen) atoms. The number of halogens is 1. The minimum absolute atomic E-state index is 0.0488. The average molecular weight is 270 g/mol. The third kappa shape index (κ3) is 4.87. The predicted octanol–water partition coefficient (Wildman–Crippen LogP) is 4.10. The second-order valence-electron chi connectivity index (χ2n) is 4.49. The van der Waals surface area contributed by atoms with Crippen LogP contribution < -0.4 is 4.74 Å². The van der Waals surface area contributed by atoms with Crippen LogP contribution >= 0.6 is 11.6 Å². The number of ether oxygens (including phenoxy) is 1. The molecule has 0 fully saturated rings. The molecule has 1 unspecified atom stereocenters. The van der Waals surface area contributed by atoms with Gasteiger partial charge < -0.3 is 9.64 Å². The molecular weight excluding hydrogens is 246 g/mol. The van der Waals surface area contributed by atoms with Crippen molar-refractivity contribution < 1.29 is 4.74 Å². The Morgan fingerprint density at radius 1 is 1.22 bits per heavy atom. The van der Waals surface area contributed by atoms with E-state index in [-0.39, 0.29) is 5.38 Å². The van der Waals surface area contributed by atoms with E-state index in [0.29, 0.717) is 0 Å². The number of likely N-dealkylation sites (N-methyl/N-ethyl adjacent to an activating group) is 1. The second kappa shape index (κ2) is 8.39. The fourth-order valence-electron chi connectivity index (χ4n) is 1.91. The van der Waals surface area contributed by atoms with Gasteiger partial charge in [0.1, 0.15) is 5.75 Å². The Balaban J connectivity index is 2.53. The van der Waals surface area contributed by atoms with Crippen molar-refractivity contribution in [1.29, 1.82) is 0 Å². The normalized spacial score (nSPS) is 12.7. The van der Waals surface area contributed by atoms with E-state index in [9.17, 15) is 0 Å². The number of alkyl halides is 1. The smallest absolute Gasteiger partial charge is 0.118 e. The maximum absolute atomic E-state index is 6.47. The topological polar surface area (TPSA) is 12.5 Å². The minimum atomic E-state index is 0.0488. The highest BCUT2D eigenvalue weighted by Crippen LogP contribution is 2.24. The zero-order valence-corrected chi connectivity index (χ0v) is 12.4. The standard InChI is InChI=1S/C15H24ClNO/c1-4-6-11-17(5-2)12-15(16)13-7-9-14(18-3)10-8-13/h7-10,15H,4-6,11-12H2,1-3H3. The van der Waals surface area contributed by atoms with Gasteiger partial charge in [-0.15, -0.1) is 11.6 Å². The predicted molar refractivity (Wildman–Crippen MR) is 78.6 cm³/mol. The van der Waals surface area contributed by atoms with Gasteiger partial charge in [-0.05, 0) is 37.2 Å². The molecule has 2 nitrogen and oxygen atoms in total. The van der Waals surface area contributed by atoms with E-state index in [1.807, 2.05) is 24.3 Å². The summed E-state index contributed by atoms with van der Waals surface area (Å²) >= 11 is 6.47. The molecular formula is C15H24ClNO. The number of nitrogens with zero attached hydrogens (tertiary/aromatic N) is 1. The summed E-state index contributed by atoms with van der Waals surface area (Å²) in [4.78, 5) is 2.41. The van der Waals surface area contributed by atoms with Crippen LogP contribution in [0.3, 0.4) is 0 Å². The molecule has 0 aliphatic heterocycles. The molecule has 0 aliphatic carbocycles. The highest BCUT2D eigenvalue weighted by atomic mass is 35.5. The summed E-state index contributed by atoms with van der Waals surface area (Å²) in [6.45, 7) is 7.50. The van der Waals surface area contributed by atoms with E-state index in [1.54, 1.807) is 7.11 Å². The highest BCUT2D eigenvalue weighted by Gasteiger charge is 2.12. The van der Waals surface area contributed by atoms with Crippen LogP contribution in [0.1, 0.15) is 37.6 Å². The van der Waals surface area contributed by atoms with E-state index < -0.39 is 0 Å². The van der Waals surface area contributed by atoms with Crippen molar-refractivity contribution in [3.63, 3.8) is 0 Å². The van der Waals surface area contributed by atoms with Gasteiger partial charge in [0.2, 0.25) is 0 Å². The molecule has 0 aromatic heterocycles. The Morgan fingerprint density at radius 3 is 2.39 bits per heavy atom. The van der Waals surface area contributed by atoms with Gasteiger partial charge >= 0.3 is 0 Å². The first-order chi connectivity index (χ1) is 8.71. The van der Waals surface area contributed by atoms with Crippen LogP contribution in [-0.2, 0) is 0 Å². The monoisotopic (exact) mass is 269 g/mol. The summed E-state index contributed by atoms with van der Waals surface area (Å²) in [7, 11) is 1.68. The summed E-state index contributed by atoms with van der Waals surface area (Å²) in [6, 6.07) is 8.02. The highest BCUT2D eigenvalue weighted by molar-refractivity contribution is 6.21. The third-order valence-corrected chi connectivity index (χ3v) is 3.56. The first-order valence-corrected chi connectivity index (χ1v) is 7.15. The molecule has 0 spiro atoms. The van der Waals surface area contributed by atoms with Crippen molar-refractivity contribution >= 4 is 11.6 Å². The minimum Gasteiger partial charge on any atom is -0.497 e. The summed E-state index contributed by atoms with van der Waals surface area (Å²) in [6.07, 6.45) is 2.46. The zero-order valence-electron chi connectivity index (χ0n) is 11.7. The van der Waals surface area contributed by atoms with Crippen molar-refractivity contribution in [2.75, 3.05) is 26.7 Å².